The van der Waals surface area contributed by atoms with Crippen molar-refractivity contribution in [3.05, 3.63) is 70.0 Å². The molecule has 0 unspecified atom stereocenters. The van der Waals surface area contributed by atoms with E-state index in [1.807, 2.05) is 0 Å². The molecule has 36 heavy (non-hydrogen) atoms. The third-order valence-electron chi connectivity index (χ3n) is 5.99. The standard InChI is InChI=1S/C25H22F3N5O2S/c1-13-5-6-14(23(34)32-17-4-2-3-15(10-17)25(26,27)28)9-19(13)33-24(35)18-11-36-21-20(18)29-12-30-22(21)31-16-7-8-16/h4-6,9-12,16H,2-3,7-8H2,1H3,(H,32,34)(H,33,35)(H,29,30,31). The first-order chi connectivity index (χ1) is 17.2. The predicted molar refractivity (Wildman–Crippen MR) is 132 cm³/mol. The first-order valence-electron chi connectivity index (χ1n) is 11.4. The Bertz CT molecular complexity index is 1420. The van der Waals surface area contributed by atoms with Crippen LogP contribution in [0.15, 0.2) is 53.3 Å². The number of carbonyl (C=O) groups is 2. The minimum atomic E-state index is -4.43. The van der Waals surface area contributed by atoms with E-state index in [1.54, 1.807) is 30.5 Å². The lowest BCUT2D eigenvalue weighted by Gasteiger charge is -2.17. The molecule has 0 radical (unpaired) electrons. The monoisotopic (exact) mass is 513 g/mol. The summed E-state index contributed by atoms with van der Waals surface area (Å²) in [7, 11) is 0. The molecule has 2 heterocycles. The number of alkyl halides is 3. The van der Waals surface area contributed by atoms with E-state index in [2.05, 4.69) is 25.9 Å². The molecule has 0 aliphatic heterocycles. The molecule has 3 N–H and O–H groups in total. The summed E-state index contributed by atoms with van der Waals surface area (Å²) in [6, 6.07) is 5.13. The highest BCUT2D eigenvalue weighted by molar-refractivity contribution is 7.18. The summed E-state index contributed by atoms with van der Waals surface area (Å²) < 4.78 is 39.9. The third-order valence-corrected chi connectivity index (χ3v) is 6.97. The van der Waals surface area contributed by atoms with Crippen LogP contribution in [0.2, 0.25) is 0 Å². The Hall–Kier alpha value is -3.73. The first-order valence-corrected chi connectivity index (χ1v) is 12.3. The van der Waals surface area contributed by atoms with Gasteiger partial charge in [-0.15, -0.1) is 11.3 Å². The number of halogens is 3. The average Bonchev–Trinajstić information content (AvgIpc) is 3.54. The summed E-state index contributed by atoms with van der Waals surface area (Å²) in [6.45, 7) is 1.78. The van der Waals surface area contributed by atoms with Crippen LogP contribution in [-0.2, 0) is 0 Å². The van der Waals surface area contributed by atoms with Crippen molar-refractivity contribution in [2.75, 3.05) is 10.6 Å². The van der Waals surface area contributed by atoms with Crippen LogP contribution in [0, 0.1) is 6.92 Å². The van der Waals surface area contributed by atoms with Crippen molar-refractivity contribution >= 4 is 44.9 Å². The van der Waals surface area contributed by atoms with Gasteiger partial charge in [0.15, 0.2) is 0 Å². The molecule has 11 heteroatoms. The van der Waals surface area contributed by atoms with Crippen molar-refractivity contribution in [2.45, 2.75) is 44.8 Å². The van der Waals surface area contributed by atoms with E-state index in [-0.39, 0.29) is 30.0 Å². The predicted octanol–water partition coefficient (Wildman–Crippen LogP) is 5.72. The van der Waals surface area contributed by atoms with Crippen molar-refractivity contribution in [1.82, 2.24) is 15.3 Å². The van der Waals surface area contributed by atoms with Gasteiger partial charge in [0.05, 0.1) is 15.8 Å². The number of fused-ring (bicyclic) bond motifs is 1. The maximum atomic E-state index is 13.1. The molecule has 2 aromatic heterocycles. The van der Waals surface area contributed by atoms with Crippen molar-refractivity contribution in [2.24, 2.45) is 0 Å². The van der Waals surface area contributed by atoms with Gasteiger partial charge in [0.2, 0.25) is 0 Å². The molecular formula is C25H22F3N5O2S. The van der Waals surface area contributed by atoms with E-state index < -0.39 is 17.7 Å². The van der Waals surface area contributed by atoms with Gasteiger partial charge in [0, 0.05) is 33.9 Å². The normalized spacial score (nSPS) is 15.8. The van der Waals surface area contributed by atoms with Crippen molar-refractivity contribution in [3.8, 4) is 0 Å². The van der Waals surface area contributed by atoms with Gasteiger partial charge < -0.3 is 16.0 Å². The van der Waals surface area contributed by atoms with Crippen molar-refractivity contribution in [1.29, 1.82) is 0 Å². The van der Waals surface area contributed by atoms with E-state index in [0.29, 0.717) is 28.6 Å². The van der Waals surface area contributed by atoms with Crippen molar-refractivity contribution in [3.63, 3.8) is 0 Å². The van der Waals surface area contributed by atoms with E-state index >= 15 is 0 Å². The van der Waals surface area contributed by atoms with Gasteiger partial charge in [-0.05, 0) is 56.4 Å². The number of rotatable bonds is 6. The number of thiophene rings is 1. The zero-order chi connectivity index (χ0) is 25.4. The molecule has 3 aromatic rings. The molecule has 5 rings (SSSR count). The molecule has 1 aromatic carbocycles. The van der Waals surface area contributed by atoms with Gasteiger partial charge in [-0.3, -0.25) is 9.59 Å². The molecule has 186 valence electrons. The van der Waals surface area contributed by atoms with Gasteiger partial charge >= 0.3 is 6.18 Å². The van der Waals surface area contributed by atoms with Crippen LogP contribution < -0.4 is 16.0 Å². The molecule has 2 aliphatic rings. The highest BCUT2D eigenvalue weighted by Crippen LogP contribution is 2.34. The van der Waals surface area contributed by atoms with Gasteiger partial charge in [0.25, 0.3) is 11.8 Å². The maximum absolute atomic E-state index is 13.1. The second kappa shape index (κ2) is 9.38. The van der Waals surface area contributed by atoms with Gasteiger partial charge in [-0.25, -0.2) is 9.97 Å². The van der Waals surface area contributed by atoms with Crippen LogP contribution >= 0.6 is 11.3 Å². The number of allylic oxidation sites excluding steroid dienone is 3. The van der Waals surface area contributed by atoms with Crippen LogP contribution in [0.5, 0.6) is 0 Å². The largest absolute Gasteiger partial charge is 0.412 e. The summed E-state index contributed by atoms with van der Waals surface area (Å²) in [5.74, 6) is -0.243. The van der Waals surface area contributed by atoms with Gasteiger partial charge in [-0.1, -0.05) is 12.1 Å². The van der Waals surface area contributed by atoms with Crippen LogP contribution in [0.3, 0.4) is 0 Å². The minimum absolute atomic E-state index is 0.102. The Labute approximate surface area is 208 Å². The lowest BCUT2D eigenvalue weighted by molar-refractivity contribution is -0.0941. The highest BCUT2D eigenvalue weighted by Gasteiger charge is 2.34. The molecule has 0 atom stereocenters. The summed E-state index contributed by atoms with van der Waals surface area (Å²) in [5.41, 5.74) is 1.70. The molecule has 0 bridgehead atoms. The third kappa shape index (κ3) is 5.11. The fraction of sp³-hybridized carbons (Fsp3) is 0.280. The molecule has 2 amide bonds. The van der Waals surface area contributed by atoms with Gasteiger partial charge in [0.1, 0.15) is 12.1 Å². The van der Waals surface area contributed by atoms with Crippen LogP contribution in [0.25, 0.3) is 10.2 Å². The second-order valence-corrected chi connectivity index (χ2v) is 9.65. The van der Waals surface area contributed by atoms with Crippen LogP contribution in [0.1, 0.15) is 52.0 Å². The Morgan fingerprint density at radius 1 is 1.11 bits per heavy atom. The Balaban J connectivity index is 1.33. The van der Waals surface area contributed by atoms with E-state index in [4.69, 9.17) is 0 Å². The number of nitrogens with zero attached hydrogens (tertiary/aromatic N) is 2. The fourth-order valence-corrected chi connectivity index (χ4v) is 4.79. The summed E-state index contributed by atoms with van der Waals surface area (Å²) in [5, 5.41) is 10.4. The number of anilines is 2. The smallest absolute Gasteiger partial charge is 0.366 e. The topological polar surface area (TPSA) is 96.0 Å². The van der Waals surface area contributed by atoms with Gasteiger partial charge in [-0.2, -0.15) is 13.2 Å². The summed E-state index contributed by atoms with van der Waals surface area (Å²) >= 11 is 1.38. The molecule has 1 saturated carbocycles. The highest BCUT2D eigenvalue weighted by atomic mass is 32.1. The molecule has 0 saturated heterocycles. The second-order valence-electron chi connectivity index (χ2n) is 8.77. The number of aryl methyl sites for hydroxylation is 1. The number of hydrogen-bond donors (Lipinski definition) is 3. The van der Waals surface area contributed by atoms with Crippen LogP contribution in [0.4, 0.5) is 24.7 Å². The number of nitrogens with one attached hydrogen (secondary N) is 3. The molecule has 1 fully saturated rings. The lowest BCUT2D eigenvalue weighted by atomic mass is 10.0. The SMILES string of the molecule is Cc1ccc(C(=O)NC2=CCCC(C(F)(F)F)=C2)cc1NC(=O)c1csc2c(NC3CC3)ncnc12. The number of amides is 2. The van der Waals surface area contributed by atoms with E-state index in [0.717, 1.165) is 29.2 Å². The Morgan fingerprint density at radius 3 is 2.67 bits per heavy atom. The number of carbonyl (C=O) groups excluding carboxylic acids is 2. The van der Waals surface area contributed by atoms with E-state index in [1.165, 1.54) is 23.7 Å². The number of aromatic nitrogens is 2. The first kappa shape index (κ1) is 24.0. The summed E-state index contributed by atoms with van der Waals surface area (Å²) in [6.07, 6.45) is 1.74. The number of benzene rings is 1. The number of hydrogen-bond acceptors (Lipinski definition) is 6. The Kier molecular flexibility index (Phi) is 6.25. The zero-order valence-corrected chi connectivity index (χ0v) is 20.0. The van der Waals surface area contributed by atoms with Crippen LogP contribution in [-0.4, -0.2) is 34.0 Å². The Morgan fingerprint density at radius 2 is 1.92 bits per heavy atom. The fourth-order valence-electron chi connectivity index (χ4n) is 3.84. The average molecular weight is 514 g/mol. The zero-order valence-electron chi connectivity index (χ0n) is 19.2. The quantitative estimate of drug-likeness (QED) is 0.392. The molecular weight excluding hydrogens is 491 g/mol. The molecule has 7 nitrogen and oxygen atoms in total. The summed E-state index contributed by atoms with van der Waals surface area (Å²) in [4.78, 5) is 34.4. The van der Waals surface area contributed by atoms with E-state index in [9.17, 15) is 22.8 Å². The van der Waals surface area contributed by atoms with Crippen molar-refractivity contribution < 1.29 is 22.8 Å². The minimum Gasteiger partial charge on any atom is -0.366 e. The molecule has 0 spiro atoms. The maximum Gasteiger partial charge on any atom is 0.412 e. The molecule has 2 aliphatic carbocycles. The lowest BCUT2D eigenvalue weighted by Crippen LogP contribution is -2.25.